The number of ether oxygens (including phenoxy) is 1. The lowest BCUT2D eigenvalue weighted by Gasteiger charge is -2.40. The zero-order valence-corrected chi connectivity index (χ0v) is 18.5. The summed E-state index contributed by atoms with van der Waals surface area (Å²) < 4.78 is 7.60. The van der Waals surface area contributed by atoms with Gasteiger partial charge in [0.1, 0.15) is 0 Å². The van der Waals surface area contributed by atoms with Crippen LogP contribution in [0.5, 0.6) is 0 Å². The number of allylic oxidation sites excluding steroid dienone is 1. The van der Waals surface area contributed by atoms with E-state index >= 15 is 0 Å². The minimum atomic E-state index is -0.854. The first-order valence-corrected chi connectivity index (χ1v) is 10.6. The van der Waals surface area contributed by atoms with E-state index in [0.29, 0.717) is 38.0 Å². The van der Waals surface area contributed by atoms with Gasteiger partial charge in [-0.25, -0.2) is 0 Å². The lowest BCUT2D eigenvalue weighted by Crippen LogP contribution is -2.49. The second kappa shape index (κ2) is 9.33. The maximum absolute atomic E-state index is 13.3. The molecular weight excluding hydrogens is 392 g/mol. The van der Waals surface area contributed by atoms with Gasteiger partial charge in [-0.05, 0) is 38.3 Å². The zero-order chi connectivity index (χ0) is 22.6. The van der Waals surface area contributed by atoms with E-state index in [0.717, 1.165) is 17.0 Å². The molecule has 1 saturated heterocycles. The largest absolute Gasteiger partial charge is 0.457 e. The number of amides is 1. The van der Waals surface area contributed by atoms with Crippen LogP contribution in [0.15, 0.2) is 49.1 Å². The van der Waals surface area contributed by atoms with Crippen LogP contribution in [0.4, 0.5) is 0 Å². The summed E-state index contributed by atoms with van der Waals surface area (Å²) in [5.41, 5.74) is 2.37. The van der Waals surface area contributed by atoms with Crippen LogP contribution in [0, 0.1) is 13.8 Å². The highest BCUT2D eigenvalue weighted by atomic mass is 16.5. The molecule has 164 valence electrons. The van der Waals surface area contributed by atoms with Crippen molar-refractivity contribution in [2.75, 3.05) is 19.7 Å². The number of hydrogen-bond acceptors (Lipinski definition) is 4. The Balaban J connectivity index is 1.77. The Morgan fingerprint density at radius 2 is 1.77 bits per heavy atom. The monoisotopic (exact) mass is 422 g/mol. The summed E-state index contributed by atoms with van der Waals surface area (Å²) >= 11 is 0. The third-order valence-corrected chi connectivity index (χ3v) is 6.30. The van der Waals surface area contributed by atoms with Crippen LogP contribution >= 0.6 is 0 Å². The van der Waals surface area contributed by atoms with Gasteiger partial charge in [0, 0.05) is 43.5 Å². The Labute approximate surface area is 183 Å². The van der Waals surface area contributed by atoms with E-state index in [1.165, 1.54) is 6.92 Å². The lowest BCUT2D eigenvalue weighted by atomic mass is 9.72. The van der Waals surface area contributed by atoms with Crippen LogP contribution in [0.3, 0.4) is 0 Å². The predicted molar refractivity (Wildman–Crippen MR) is 119 cm³/mol. The molecule has 0 N–H and O–H groups in total. The quantitative estimate of drug-likeness (QED) is 0.388. The molecule has 0 aliphatic carbocycles. The van der Waals surface area contributed by atoms with E-state index in [2.05, 4.69) is 6.58 Å². The molecule has 0 unspecified atom stereocenters. The van der Waals surface area contributed by atoms with Gasteiger partial charge in [-0.3, -0.25) is 14.4 Å². The van der Waals surface area contributed by atoms with Gasteiger partial charge in [0.05, 0.1) is 5.41 Å². The Kier molecular flexibility index (Phi) is 6.78. The van der Waals surface area contributed by atoms with Gasteiger partial charge in [-0.2, -0.15) is 0 Å². The van der Waals surface area contributed by atoms with Crippen LogP contribution in [-0.4, -0.2) is 46.8 Å². The molecule has 1 aliphatic rings. The highest BCUT2D eigenvalue weighted by molar-refractivity contribution is 5.99. The van der Waals surface area contributed by atoms with E-state index in [4.69, 9.17) is 4.74 Å². The molecule has 0 saturated carbocycles. The van der Waals surface area contributed by atoms with Crippen molar-refractivity contribution >= 4 is 17.7 Å². The van der Waals surface area contributed by atoms with E-state index in [1.54, 1.807) is 11.0 Å². The van der Waals surface area contributed by atoms with Crippen molar-refractivity contribution in [3.63, 3.8) is 0 Å². The zero-order valence-electron chi connectivity index (χ0n) is 18.5. The van der Waals surface area contributed by atoms with Gasteiger partial charge in [0.2, 0.25) is 11.7 Å². The average molecular weight is 423 g/mol. The van der Waals surface area contributed by atoms with Crippen molar-refractivity contribution in [1.29, 1.82) is 0 Å². The molecule has 0 spiro atoms. The normalized spacial score (nSPS) is 15.4. The van der Waals surface area contributed by atoms with Crippen LogP contribution in [-0.2, 0) is 26.3 Å². The summed E-state index contributed by atoms with van der Waals surface area (Å²) in [4.78, 5) is 39.6. The van der Waals surface area contributed by atoms with Crippen molar-refractivity contribution in [3.05, 3.63) is 71.6 Å². The second-order valence-electron chi connectivity index (χ2n) is 8.14. The first kappa shape index (κ1) is 22.5. The fourth-order valence-electron chi connectivity index (χ4n) is 4.41. The van der Waals surface area contributed by atoms with Crippen LogP contribution in [0.1, 0.15) is 47.1 Å². The minimum Gasteiger partial charge on any atom is -0.457 e. The van der Waals surface area contributed by atoms with Gasteiger partial charge in [-0.15, -0.1) is 6.58 Å². The Morgan fingerprint density at radius 3 is 2.35 bits per heavy atom. The number of likely N-dealkylation sites (tertiary alicyclic amines) is 1. The molecule has 6 heteroatoms. The van der Waals surface area contributed by atoms with Crippen LogP contribution < -0.4 is 0 Å². The Hall–Kier alpha value is -3.15. The molecular formula is C25H30N2O4. The number of hydrogen-bond donors (Lipinski definition) is 0. The van der Waals surface area contributed by atoms with E-state index in [9.17, 15) is 14.4 Å². The van der Waals surface area contributed by atoms with E-state index in [-0.39, 0.29) is 18.3 Å². The molecule has 2 heterocycles. The molecule has 0 radical (unpaired) electrons. The number of carbonyl (C=O) groups excluding carboxylic acids is 3. The number of esters is 1. The predicted octanol–water partition coefficient (Wildman–Crippen LogP) is 3.60. The van der Waals surface area contributed by atoms with Gasteiger partial charge in [0.25, 0.3) is 0 Å². The van der Waals surface area contributed by atoms with Crippen molar-refractivity contribution in [3.8, 4) is 0 Å². The molecule has 1 aromatic heterocycles. The highest BCUT2D eigenvalue weighted by Crippen LogP contribution is 2.37. The smallest absolute Gasteiger partial charge is 0.317 e. The minimum absolute atomic E-state index is 0.0000814. The number of nitrogens with zero attached hydrogens (tertiary/aromatic N) is 2. The van der Waals surface area contributed by atoms with E-state index in [1.807, 2.05) is 54.8 Å². The first-order chi connectivity index (χ1) is 14.8. The van der Waals surface area contributed by atoms with Gasteiger partial charge >= 0.3 is 5.97 Å². The Bertz CT molecular complexity index is 982. The van der Waals surface area contributed by atoms with Crippen LogP contribution in [0.25, 0.3) is 0 Å². The summed E-state index contributed by atoms with van der Waals surface area (Å²) in [5.74, 6) is -0.628. The van der Waals surface area contributed by atoms with Gasteiger partial charge < -0.3 is 14.2 Å². The maximum Gasteiger partial charge on any atom is 0.317 e. The molecule has 31 heavy (non-hydrogen) atoms. The molecule has 2 aromatic rings. The summed E-state index contributed by atoms with van der Waals surface area (Å²) in [7, 11) is 0. The number of aromatic nitrogens is 1. The molecule has 3 rings (SSSR count). The number of piperidine rings is 1. The second-order valence-corrected chi connectivity index (χ2v) is 8.14. The number of benzene rings is 1. The van der Waals surface area contributed by atoms with Crippen molar-refractivity contribution < 1.29 is 19.1 Å². The molecule has 1 aliphatic heterocycles. The Morgan fingerprint density at radius 1 is 1.13 bits per heavy atom. The van der Waals surface area contributed by atoms with Crippen molar-refractivity contribution in [2.24, 2.45) is 0 Å². The van der Waals surface area contributed by atoms with Crippen molar-refractivity contribution in [2.45, 2.75) is 45.6 Å². The third kappa shape index (κ3) is 4.48. The molecule has 6 nitrogen and oxygen atoms in total. The topological polar surface area (TPSA) is 68.6 Å². The number of rotatable bonds is 7. The third-order valence-electron chi connectivity index (χ3n) is 6.30. The SMILES string of the molecule is C=CCn1c(C)cc(C(=O)COC(=O)C2(c3ccccc3)CCN(C(C)=O)CC2)c1C. The summed E-state index contributed by atoms with van der Waals surface area (Å²) in [5, 5.41) is 0. The van der Waals surface area contributed by atoms with Gasteiger partial charge in [-0.1, -0.05) is 36.4 Å². The van der Waals surface area contributed by atoms with Crippen molar-refractivity contribution in [1.82, 2.24) is 9.47 Å². The fraction of sp³-hybridized carbons (Fsp3) is 0.400. The maximum atomic E-state index is 13.3. The summed E-state index contributed by atoms with van der Waals surface area (Å²) in [6, 6.07) is 11.3. The van der Waals surface area contributed by atoms with E-state index < -0.39 is 11.4 Å². The number of carbonyl (C=O) groups is 3. The lowest BCUT2D eigenvalue weighted by molar-refractivity contribution is -0.153. The number of ketones is 1. The number of Topliss-reactive ketones (excluding diaryl/α,β-unsaturated/α-hetero) is 1. The summed E-state index contributed by atoms with van der Waals surface area (Å²) in [6.07, 6.45) is 2.72. The molecule has 0 atom stereocenters. The van der Waals surface area contributed by atoms with Crippen LogP contribution in [0.2, 0.25) is 0 Å². The summed E-state index contributed by atoms with van der Waals surface area (Å²) in [6.45, 7) is 10.4. The number of aryl methyl sites for hydroxylation is 1. The fourth-order valence-corrected chi connectivity index (χ4v) is 4.41. The molecule has 1 fully saturated rings. The molecule has 0 bridgehead atoms. The average Bonchev–Trinajstić information content (AvgIpc) is 3.06. The highest BCUT2D eigenvalue weighted by Gasteiger charge is 2.45. The standard InChI is InChI=1S/C25H30N2O4/c1-5-13-27-18(2)16-22(19(27)3)23(29)17-31-24(30)25(21-9-7-6-8-10-21)11-14-26(15-12-25)20(4)28/h5-10,16H,1,11-15,17H2,2-4H3. The molecule has 1 amide bonds. The van der Waals surface area contributed by atoms with Gasteiger partial charge in [0.15, 0.2) is 6.61 Å². The first-order valence-electron chi connectivity index (χ1n) is 10.6. The molecule has 1 aromatic carbocycles.